The van der Waals surface area contributed by atoms with Gasteiger partial charge in [0.1, 0.15) is 0 Å². The van der Waals surface area contributed by atoms with Crippen molar-refractivity contribution in [3.05, 3.63) is 69.8 Å². The maximum atomic E-state index is 13.1. The second-order valence-electron chi connectivity index (χ2n) is 8.63. The van der Waals surface area contributed by atoms with E-state index >= 15 is 0 Å². The molecule has 170 valence electrons. The standard InChI is InChI=1S/C24H30N4O4/c1-18-20(10-7-11-21(18)28(31)32)25-22(29)12-13-26-14-16-27(17-15-26)23(30)24(2,3)19-8-5-4-6-9-19/h4-11H,12-17H2,1-3H3,(H,25,29). The van der Waals surface area contributed by atoms with Crippen molar-refractivity contribution in [2.24, 2.45) is 0 Å². The molecule has 32 heavy (non-hydrogen) atoms. The Morgan fingerprint density at radius 3 is 2.31 bits per heavy atom. The van der Waals surface area contributed by atoms with E-state index in [9.17, 15) is 19.7 Å². The van der Waals surface area contributed by atoms with Crippen molar-refractivity contribution in [2.75, 3.05) is 38.0 Å². The molecule has 1 aliphatic heterocycles. The minimum absolute atomic E-state index is 0.0120. The fourth-order valence-electron chi connectivity index (χ4n) is 3.98. The Balaban J connectivity index is 1.48. The number of hydrogen-bond donors (Lipinski definition) is 1. The Morgan fingerprint density at radius 2 is 1.69 bits per heavy atom. The van der Waals surface area contributed by atoms with Gasteiger partial charge in [-0.05, 0) is 32.4 Å². The predicted octanol–water partition coefficient (Wildman–Crippen LogP) is 3.35. The summed E-state index contributed by atoms with van der Waals surface area (Å²) >= 11 is 0. The molecule has 0 atom stereocenters. The van der Waals surface area contributed by atoms with Crippen LogP contribution >= 0.6 is 0 Å². The molecule has 8 heteroatoms. The number of hydrogen-bond acceptors (Lipinski definition) is 5. The van der Waals surface area contributed by atoms with Crippen molar-refractivity contribution in [2.45, 2.75) is 32.6 Å². The normalized spacial score (nSPS) is 14.8. The highest BCUT2D eigenvalue weighted by Gasteiger charge is 2.35. The summed E-state index contributed by atoms with van der Waals surface area (Å²) in [5.74, 6) is -0.0699. The van der Waals surface area contributed by atoms with E-state index < -0.39 is 10.3 Å². The lowest BCUT2D eigenvalue weighted by atomic mass is 9.83. The van der Waals surface area contributed by atoms with Crippen LogP contribution in [0.15, 0.2) is 48.5 Å². The van der Waals surface area contributed by atoms with Gasteiger partial charge in [0.2, 0.25) is 11.8 Å². The average Bonchev–Trinajstić information content (AvgIpc) is 2.79. The number of amides is 2. The van der Waals surface area contributed by atoms with Crippen LogP contribution in [0.2, 0.25) is 0 Å². The SMILES string of the molecule is Cc1c(NC(=O)CCN2CCN(C(=O)C(C)(C)c3ccccc3)CC2)cccc1[N+](=O)[O-]. The van der Waals surface area contributed by atoms with E-state index in [1.165, 1.54) is 6.07 Å². The molecule has 0 aliphatic carbocycles. The molecule has 0 unspecified atom stereocenters. The number of nitro groups is 1. The van der Waals surface area contributed by atoms with Gasteiger partial charge in [-0.2, -0.15) is 0 Å². The first-order chi connectivity index (χ1) is 15.2. The molecule has 0 aromatic heterocycles. The number of carbonyl (C=O) groups excluding carboxylic acids is 2. The monoisotopic (exact) mass is 438 g/mol. The minimum atomic E-state index is -0.584. The van der Waals surface area contributed by atoms with Gasteiger partial charge in [0.25, 0.3) is 5.69 Å². The van der Waals surface area contributed by atoms with Crippen molar-refractivity contribution in [3.63, 3.8) is 0 Å². The maximum Gasteiger partial charge on any atom is 0.274 e. The molecule has 2 amide bonds. The zero-order valence-electron chi connectivity index (χ0n) is 18.8. The smallest absolute Gasteiger partial charge is 0.274 e. The van der Waals surface area contributed by atoms with E-state index in [0.29, 0.717) is 44.0 Å². The number of carbonyl (C=O) groups is 2. The van der Waals surface area contributed by atoms with Gasteiger partial charge >= 0.3 is 0 Å². The topological polar surface area (TPSA) is 95.8 Å². The van der Waals surface area contributed by atoms with E-state index in [2.05, 4.69) is 10.2 Å². The third-order valence-electron chi connectivity index (χ3n) is 6.12. The van der Waals surface area contributed by atoms with Crippen LogP contribution in [0.1, 0.15) is 31.4 Å². The van der Waals surface area contributed by atoms with Crippen molar-refractivity contribution in [1.29, 1.82) is 0 Å². The molecule has 1 heterocycles. The fraction of sp³-hybridized carbons (Fsp3) is 0.417. The number of benzene rings is 2. The second kappa shape index (κ2) is 9.91. The minimum Gasteiger partial charge on any atom is -0.339 e. The summed E-state index contributed by atoms with van der Waals surface area (Å²) in [7, 11) is 0. The molecule has 2 aromatic carbocycles. The van der Waals surface area contributed by atoms with E-state index in [0.717, 1.165) is 5.56 Å². The second-order valence-corrected chi connectivity index (χ2v) is 8.63. The van der Waals surface area contributed by atoms with Crippen LogP contribution < -0.4 is 5.32 Å². The first kappa shape index (κ1) is 23.4. The molecular formula is C24H30N4O4. The van der Waals surface area contributed by atoms with Crippen LogP contribution in [0.25, 0.3) is 0 Å². The molecule has 1 N–H and O–H groups in total. The van der Waals surface area contributed by atoms with Crippen LogP contribution in [-0.4, -0.2) is 59.3 Å². The van der Waals surface area contributed by atoms with Gasteiger partial charge in [0, 0.05) is 45.2 Å². The molecule has 1 saturated heterocycles. The van der Waals surface area contributed by atoms with Crippen LogP contribution in [0, 0.1) is 17.0 Å². The largest absolute Gasteiger partial charge is 0.339 e. The van der Waals surface area contributed by atoms with E-state index in [1.54, 1.807) is 19.1 Å². The zero-order valence-corrected chi connectivity index (χ0v) is 18.8. The molecule has 0 spiro atoms. The van der Waals surface area contributed by atoms with Gasteiger partial charge in [-0.15, -0.1) is 0 Å². The molecule has 0 bridgehead atoms. The summed E-state index contributed by atoms with van der Waals surface area (Å²) in [6.07, 6.45) is 0.283. The van der Waals surface area contributed by atoms with Gasteiger partial charge in [0.05, 0.1) is 21.6 Å². The molecular weight excluding hydrogens is 408 g/mol. The lowest BCUT2D eigenvalue weighted by molar-refractivity contribution is -0.385. The highest BCUT2D eigenvalue weighted by molar-refractivity contribution is 5.92. The molecule has 0 saturated carbocycles. The van der Waals surface area contributed by atoms with Crippen molar-refractivity contribution < 1.29 is 14.5 Å². The third kappa shape index (κ3) is 5.31. The maximum absolute atomic E-state index is 13.1. The number of nitro benzene ring substituents is 1. The number of nitrogens with one attached hydrogen (secondary N) is 1. The summed E-state index contributed by atoms with van der Waals surface area (Å²) < 4.78 is 0. The number of nitrogens with zero attached hydrogens (tertiary/aromatic N) is 3. The quantitative estimate of drug-likeness (QED) is 0.528. The summed E-state index contributed by atoms with van der Waals surface area (Å²) in [4.78, 5) is 40.2. The van der Waals surface area contributed by atoms with Crippen LogP contribution in [0.4, 0.5) is 11.4 Å². The number of rotatable bonds is 7. The summed E-state index contributed by atoms with van der Waals surface area (Å²) in [5, 5.41) is 13.8. The number of piperazine rings is 1. The van der Waals surface area contributed by atoms with Crippen molar-refractivity contribution in [1.82, 2.24) is 9.80 Å². The Kier molecular flexibility index (Phi) is 7.25. The van der Waals surface area contributed by atoms with Crippen molar-refractivity contribution >= 4 is 23.2 Å². The Morgan fingerprint density at radius 1 is 1.03 bits per heavy atom. The molecule has 3 rings (SSSR count). The van der Waals surface area contributed by atoms with Gasteiger partial charge in [-0.3, -0.25) is 24.6 Å². The number of anilines is 1. The molecule has 8 nitrogen and oxygen atoms in total. The van der Waals surface area contributed by atoms with Crippen molar-refractivity contribution in [3.8, 4) is 0 Å². The van der Waals surface area contributed by atoms with Gasteiger partial charge in [0.15, 0.2) is 0 Å². The molecule has 0 radical (unpaired) electrons. The lowest BCUT2D eigenvalue weighted by Crippen LogP contribution is -2.53. The van der Waals surface area contributed by atoms with E-state index in [-0.39, 0.29) is 23.9 Å². The molecule has 1 fully saturated rings. The zero-order chi connectivity index (χ0) is 23.3. The van der Waals surface area contributed by atoms with Gasteiger partial charge in [-0.25, -0.2) is 0 Å². The third-order valence-corrected chi connectivity index (χ3v) is 6.12. The van der Waals surface area contributed by atoms with Crippen LogP contribution in [0.3, 0.4) is 0 Å². The highest BCUT2D eigenvalue weighted by Crippen LogP contribution is 2.27. The Labute approximate surface area is 188 Å². The fourth-order valence-corrected chi connectivity index (χ4v) is 3.98. The lowest BCUT2D eigenvalue weighted by Gasteiger charge is -2.38. The summed E-state index contributed by atoms with van der Waals surface area (Å²) in [6, 6.07) is 14.5. The van der Waals surface area contributed by atoms with E-state index in [1.807, 2.05) is 49.1 Å². The average molecular weight is 439 g/mol. The Bertz CT molecular complexity index is 983. The first-order valence-electron chi connectivity index (χ1n) is 10.8. The van der Waals surface area contributed by atoms with Crippen LogP contribution in [0.5, 0.6) is 0 Å². The summed E-state index contributed by atoms with van der Waals surface area (Å²) in [5.41, 5.74) is 1.31. The Hall–Kier alpha value is -3.26. The molecule has 2 aromatic rings. The van der Waals surface area contributed by atoms with E-state index in [4.69, 9.17) is 0 Å². The predicted molar refractivity (Wildman–Crippen MR) is 124 cm³/mol. The molecule has 1 aliphatic rings. The van der Waals surface area contributed by atoms with Crippen LogP contribution in [-0.2, 0) is 15.0 Å². The van der Waals surface area contributed by atoms with Gasteiger partial charge < -0.3 is 10.2 Å². The highest BCUT2D eigenvalue weighted by atomic mass is 16.6. The first-order valence-corrected chi connectivity index (χ1v) is 10.8. The summed E-state index contributed by atoms with van der Waals surface area (Å²) in [6.45, 7) is 8.78. The van der Waals surface area contributed by atoms with Gasteiger partial charge in [-0.1, -0.05) is 36.4 Å².